The Morgan fingerprint density at radius 3 is 2.61 bits per heavy atom. The minimum Gasteiger partial charge on any atom is -0.390 e. The van der Waals surface area contributed by atoms with E-state index in [1.807, 2.05) is 36.4 Å². The van der Waals surface area contributed by atoms with Crippen LogP contribution >= 0.6 is 15.9 Å². The Morgan fingerprint density at radius 1 is 1.11 bits per heavy atom. The number of hydrogen-bond acceptors (Lipinski definition) is 3. The molecule has 5 heteroatoms. The van der Waals surface area contributed by atoms with E-state index < -0.39 is 0 Å². The Bertz CT molecular complexity index is 708. The van der Waals surface area contributed by atoms with Crippen molar-refractivity contribution in [3.63, 3.8) is 0 Å². The van der Waals surface area contributed by atoms with Crippen LogP contribution < -0.4 is 0 Å². The van der Waals surface area contributed by atoms with Gasteiger partial charge < -0.3 is 5.11 Å². The molecule has 0 aliphatic carbocycles. The maximum atomic E-state index is 9.03. The second-order valence-electron chi connectivity index (χ2n) is 3.92. The number of benzene rings is 2. The van der Waals surface area contributed by atoms with Crippen LogP contribution in [-0.4, -0.2) is 20.1 Å². The van der Waals surface area contributed by atoms with Gasteiger partial charge in [0, 0.05) is 9.86 Å². The molecule has 4 nitrogen and oxygen atoms in total. The average molecular weight is 304 g/mol. The van der Waals surface area contributed by atoms with Gasteiger partial charge >= 0.3 is 0 Å². The van der Waals surface area contributed by atoms with E-state index in [1.54, 1.807) is 10.9 Å². The van der Waals surface area contributed by atoms with Gasteiger partial charge in [0.2, 0.25) is 0 Å². The highest BCUT2D eigenvalue weighted by Gasteiger charge is 2.07. The van der Waals surface area contributed by atoms with Crippen molar-refractivity contribution in [1.82, 2.24) is 15.0 Å². The number of aliphatic hydroxyl groups is 1. The van der Waals surface area contributed by atoms with Crippen molar-refractivity contribution in [1.29, 1.82) is 0 Å². The van der Waals surface area contributed by atoms with E-state index in [0.29, 0.717) is 5.69 Å². The summed E-state index contributed by atoms with van der Waals surface area (Å²) < 4.78 is 2.73. The molecule has 3 rings (SSSR count). The number of aliphatic hydroxyl groups excluding tert-OH is 1. The fraction of sp³-hybridized carbons (Fsp3) is 0.0769. The Balaban J connectivity index is 2.26. The zero-order chi connectivity index (χ0) is 12.5. The molecule has 18 heavy (non-hydrogen) atoms. The third kappa shape index (κ3) is 1.81. The summed E-state index contributed by atoms with van der Waals surface area (Å²) in [6.07, 6.45) is 1.73. The SMILES string of the molecule is OCc1cn(-c2ccc(Br)c3ccccc23)nn1. The highest BCUT2D eigenvalue weighted by atomic mass is 79.9. The van der Waals surface area contributed by atoms with Gasteiger partial charge in [-0.15, -0.1) is 5.10 Å². The third-order valence-electron chi connectivity index (χ3n) is 2.80. The first kappa shape index (κ1) is 11.4. The van der Waals surface area contributed by atoms with Crippen LogP contribution in [0.25, 0.3) is 16.5 Å². The highest BCUT2D eigenvalue weighted by Crippen LogP contribution is 2.28. The van der Waals surface area contributed by atoms with Gasteiger partial charge in [-0.25, -0.2) is 4.68 Å². The number of fused-ring (bicyclic) bond motifs is 1. The summed E-state index contributed by atoms with van der Waals surface area (Å²) in [6.45, 7) is -0.103. The van der Waals surface area contributed by atoms with Crippen LogP contribution in [0.15, 0.2) is 47.1 Å². The van der Waals surface area contributed by atoms with Crippen LogP contribution in [0.4, 0.5) is 0 Å². The molecule has 0 fully saturated rings. The van der Waals surface area contributed by atoms with Crippen LogP contribution in [0, 0.1) is 0 Å². The van der Waals surface area contributed by atoms with Crippen LogP contribution in [-0.2, 0) is 6.61 Å². The molecule has 0 aliphatic heterocycles. The molecule has 0 radical (unpaired) electrons. The molecule has 3 aromatic rings. The smallest absolute Gasteiger partial charge is 0.109 e. The average Bonchev–Trinajstić information content (AvgIpc) is 2.88. The van der Waals surface area contributed by atoms with Crippen molar-refractivity contribution in [3.8, 4) is 5.69 Å². The fourth-order valence-corrected chi connectivity index (χ4v) is 2.41. The predicted molar refractivity (Wildman–Crippen MR) is 72.5 cm³/mol. The minimum absolute atomic E-state index is 0.103. The Labute approximate surface area is 112 Å². The number of hydrogen-bond donors (Lipinski definition) is 1. The van der Waals surface area contributed by atoms with Crippen molar-refractivity contribution in [2.24, 2.45) is 0 Å². The maximum Gasteiger partial charge on any atom is 0.109 e. The molecule has 0 saturated carbocycles. The summed E-state index contributed by atoms with van der Waals surface area (Å²) in [5, 5.41) is 19.2. The molecule has 0 spiro atoms. The standard InChI is InChI=1S/C13H10BrN3O/c14-12-5-6-13(11-4-2-1-3-10(11)12)17-7-9(8-18)15-16-17/h1-7,18H,8H2. The summed E-state index contributed by atoms with van der Waals surface area (Å²) in [6, 6.07) is 12.0. The minimum atomic E-state index is -0.103. The molecule has 1 heterocycles. The quantitative estimate of drug-likeness (QED) is 0.792. The number of halogens is 1. The summed E-state index contributed by atoms with van der Waals surface area (Å²) in [5.74, 6) is 0. The molecule has 90 valence electrons. The van der Waals surface area contributed by atoms with Gasteiger partial charge in [0.25, 0.3) is 0 Å². The molecule has 0 aliphatic rings. The van der Waals surface area contributed by atoms with E-state index in [4.69, 9.17) is 5.11 Å². The highest BCUT2D eigenvalue weighted by molar-refractivity contribution is 9.10. The maximum absolute atomic E-state index is 9.03. The normalized spacial score (nSPS) is 11.0. The summed E-state index contributed by atoms with van der Waals surface area (Å²) >= 11 is 3.54. The number of nitrogens with zero attached hydrogens (tertiary/aromatic N) is 3. The first-order valence-corrected chi connectivity index (χ1v) is 6.28. The van der Waals surface area contributed by atoms with Gasteiger partial charge in [0.15, 0.2) is 0 Å². The number of aromatic nitrogens is 3. The third-order valence-corrected chi connectivity index (χ3v) is 3.49. The van der Waals surface area contributed by atoms with Gasteiger partial charge in [-0.05, 0) is 17.5 Å². The topological polar surface area (TPSA) is 50.9 Å². The van der Waals surface area contributed by atoms with E-state index >= 15 is 0 Å². The lowest BCUT2D eigenvalue weighted by Crippen LogP contribution is -1.96. The summed E-state index contributed by atoms with van der Waals surface area (Å²) in [5.41, 5.74) is 1.50. The van der Waals surface area contributed by atoms with Crippen molar-refractivity contribution in [2.45, 2.75) is 6.61 Å². The van der Waals surface area contributed by atoms with E-state index in [9.17, 15) is 0 Å². The predicted octanol–water partition coefficient (Wildman–Crippen LogP) is 2.68. The molecule has 2 aromatic carbocycles. The van der Waals surface area contributed by atoms with Crippen molar-refractivity contribution in [3.05, 3.63) is 52.8 Å². The van der Waals surface area contributed by atoms with Crippen molar-refractivity contribution in [2.75, 3.05) is 0 Å². The van der Waals surface area contributed by atoms with E-state index in [-0.39, 0.29) is 6.61 Å². The lowest BCUT2D eigenvalue weighted by Gasteiger charge is -2.07. The Morgan fingerprint density at radius 2 is 1.89 bits per heavy atom. The van der Waals surface area contributed by atoms with E-state index in [1.165, 1.54) is 0 Å². The Hall–Kier alpha value is -1.72. The monoisotopic (exact) mass is 303 g/mol. The van der Waals surface area contributed by atoms with E-state index in [0.717, 1.165) is 20.9 Å². The van der Waals surface area contributed by atoms with Crippen LogP contribution in [0.5, 0.6) is 0 Å². The van der Waals surface area contributed by atoms with E-state index in [2.05, 4.69) is 26.2 Å². The molecule has 1 N–H and O–H groups in total. The van der Waals surface area contributed by atoms with Crippen LogP contribution in [0.3, 0.4) is 0 Å². The lowest BCUT2D eigenvalue weighted by molar-refractivity contribution is 0.276. The van der Waals surface area contributed by atoms with Gasteiger partial charge in [0.1, 0.15) is 5.69 Å². The lowest BCUT2D eigenvalue weighted by atomic mass is 10.1. The van der Waals surface area contributed by atoms with Gasteiger partial charge in [-0.2, -0.15) is 0 Å². The van der Waals surface area contributed by atoms with Crippen LogP contribution in [0.2, 0.25) is 0 Å². The zero-order valence-corrected chi connectivity index (χ0v) is 11.0. The Kier molecular flexibility index (Phi) is 2.85. The van der Waals surface area contributed by atoms with Gasteiger partial charge in [0.05, 0.1) is 18.5 Å². The molecule has 1 aromatic heterocycles. The first-order valence-electron chi connectivity index (χ1n) is 5.49. The first-order chi connectivity index (χ1) is 8.79. The largest absolute Gasteiger partial charge is 0.390 e. The molecule has 0 bridgehead atoms. The van der Waals surface area contributed by atoms with Gasteiger partial charge in [-0.3, -0.25) is 0 Å². The fourth-order valence-electron chi connectivity index (χ4n) is 1.93. The molecule has 0 unspecified atom stereocenters. The second kappa shape index (κ2) is 4.51. The molecule has 0 saturated heterocycles. The number of rotatable bonds is 2. The van der Waals surface area contributed by atoms with Gasteiger partial charge in [-0.1, -0.05) is 45.4 Å². The zero-order valence-electron chi connectivity index (χ0n) is 9.42. The summed E-state index contributed by atoms with van der Waals surface area (Å²) in [7, 11) is 0. The molecule has 0 amide bonds. The van der Waals surface area contributed by atoms with Crippen molar-refractivity contribution >= 4 is 26.7 Å². The molecular formula is C13H10BrN3O. The summed E-state index contributed by atoms with van der Waals surface area (Å²) in [4.78, 5) is 0. The molecule has 0 atom stereocenters. The van der Waals surface area contributed by atoms with Crippen molar-refractivity contribution < 1.29 is 5.11 Å². The molecular weight excluding hydrogens is 294 g/mol. The second-order valence-corrected chi connectivity index (χ2v) is 4.78. The van der Waals surface area contributed by atoms with Crippen LogP contribution in [0.1, 0.15) is 5.69 Å².